The monoisotopic (exact) mass is 636 g/mol. The lowest BCUT2D eigenvalue weighted by Crippen LogP contribution is -2.36. The fourth-order valence-electron chi connectivity index (χ4n) is 6.09. The van der Waals surface area contributed by atoms with Crippen molar-refractivity contribution in [1.29, 1.82) is 0 Å². The minimum Gasteiger partial charge on any atom is -0.487 e. The smallest absolute Gasteiger partial charge is 0.177 e. The van der Waals surface area contributed by atoms with Gasteiger partial charge in [-0.3, -0.25) is 0 Å². The van der Waals surface area contributed by atoms with E-state index in [2.05, 4.69) is 47.1 Å². The lowest BCUT2D eigenvalue weighted by Gasteiger charge is -2.32. The molecule has 0 saturated heterocycles. The molecule has 3 N–H and O–H groups in total. The summed E-state index contributed by atoms with van der Waals surface area (Å²) in [6.07, 6.45) is 0.755. The largest absolute Gasteiger partial charge is 0.487 e. The van der Waals surface area contributed by atoms with Gasteiger partial charge in [-0.25, -0.2) is 0 Å². The number of hydrogen-bond donors (Lipinski definition) is 3. The van der Waals surface area contributed by atoms with E-state index in [-0.39, 0.29) is 35.3 Å². The summed E-state index contributed by atoms with van der Waals surface area (Å²) < 4.78 is 38.2. The van der Waals surface area contributed by atoms with Crippen LogP contribution in [0.15, 0.2) is 18.2 Å². The number of nitrogens with zero attached hydrogens (tertiary/aromatic N) is 1. The summed E-state index contributed by atoms with van der Waals surface area (Å²) in [5.41, 5.74) is 3.52. The highest BCUT2D eigenvalue weighted by molar-refractivity contribution is 7.16. The van der Waals surface area contributed by atoms with Crippen LogP contribution in [0.25, 0.3) is 0 Å². The van der Waals surface area contributed by atoms with E-state index in [4.69, 9.17) is 18.9 Å². The van der Waals surface area contributed by atoms with Crippen LogP contribution in [-0.4, -0.2) is 80.8 Å². The van der Waals surface area contributed by atoms with Gasteiger partial charge in [0, 0.05) is 85.3 Å². The minimum absolute atomic E-state index is 0.00175. The maximum Gasteiger partial charge on any atom is 0.177 e. The Bertz CT molecular complexity index is 1340. The standard InChI is InChI=1S/C30H41FN4O4S3/c1-32-12-22-21-9-28(36-4)42-30(21)18(16-38-22)11-34-14-24-20-8-27(35(2)3)41-29(20)17(15-39-24)10-33-13-23-19-7-26(31)40-25(19)5-6-37-23/h7-9,17-18,22-24,32-34H,5-6,10-16H2,1-4H3. The van der Waals surface area contributed by atoms with E-state index in [1.54, 1.807) is 24.5 Å². The Morgan fingerprint density at radius 3 is 2.14 bits per heavy atom. The number of ether oxygens (including phenoxy) is 4. The molecule has 0 fully saturated rings. The number of thiophene rings is 3. The third-order valence-corrected chi connectivity index (χ3v) is 12.0. The second kappa shape index (κ2) is 13.6. The fraction of sp³-hybridized carbons (Fsp3) is 0.600. The number of halogens is 1. The van der Waals surface area contributed by atoms with Gasteiger partial charge in [-0.1, -0.05) is 0 Å². The maximum absolute atomic E-state index is 13.9. The zero-order chi connectivity index (χ0) is 29.2. The number of likely N-dealkylation sites (N-methyl/N-ethyl adjacent to an activating group) is 1. The molecule has 0 aromatic carbocycles. The van der Waals surface area contributed by atoms with Gasteiger partial charge in [0.2, 0.25) is 0 Å². The van der Waals surface area contributed by atoms with Crippen LogP contribution >= 0.6 is 34.0 Å². The molecule has 12 heteroatoms. The first-order valence-corrected chi connectivity index (χ1v) is 17.1. The molecular weight excluding hydrogens is 596 g/mol. The molecule has 3 aliphatic rings. The van der Waals surface area contributed by atoms with Gasteiger partial charge in [-0.2, -0.15) is 4.39 Å². The normalized spacial score (nSPS) is 25.1. The van der Waals surface area contributed by atoms with Gasteiger partial charge in [0.25, 0.3) is 0 Å². The van der Waals surface area contributed by atoms with E-state index >= 15 is 0 Å². The zero-order valence-corrected chi connectivity index (χ0v) is 27.1. The number of methoxy groups -OCH3 is 1. The van der Waals surface area contributed by atoms with Crippen LogP contribution in [-0.2, 0) is 20.6 Å². The lowest BCUT2D eigenvalue weighted by molar-refractivity contribution is 0.0196. The Hall–Kier alpha value is -1.61. The van der Waals surface area contributed by atoms with Crippen LogP contribution in [0.5, 0.6) is 5.06 Å². The maximum atomic E-state index is 13.9. The summed E-state index contributed by atoms with van der Waals surface area (Å²) in [6, 6.07) is 6.06. The number of rotatable bonds is 12. The van der Waals surface area contributed by atoms with E-state index in [0.717, 1.165) is 48.1 Å². The summed E-state index contributed by atoms with van der Waals surface area (Å²) in [7, 11) is 7.87. The molecule has 5 unspecified atom stereocenters. The molecule has 3 aromatic heterocycles. The minimum atomic E-state index is -0.125. The van der Waals surface area contributed by atoms with Crippen molar-refractivity contribution < 1.29 is 23.3 Å². The average molecular weight is 637 g/mol. The highest BCUT2D eigenvalue weighted by atomic mass is 32.1. The molecule has 0 spiro atoms. The van der Waals surface area contributed by atoms with Crippen molar-refractivity contribution in [3.05, 3.63) is 54.7 Å². The Labute approximate surface area is 259 Å². The molecule has 0 aliphatic carbocycles. The summed E-state index contributed by atoms with van der Waals surface area (Å²) in [4.78, 5) is 6.03. The van der Waals surface area contributed by atoms with Crippen LogP contribution < -0.4 is 25.6 Å². The number of hydrogen-bond acceptors (Lipinski definition) is 11. The first-order valence-electron chi connectivity index (χ1n) is 14.6. The molecule has 3 aromatic rings. The zero-order valence-electron chi connectivity index (χ0n) is 24.7. The van der Waals surface area contributed by atoms with E-state index < -0.39 is 0 Å². The fourth-order valence-corrected chi connectivity index (χ4v) is 9.34. The first-order chi connectivity index (χ1) is 20.4. The molecule has 0 amide bonds. The van der Waals surface area contributed by atoms with Gasteiger partial charge < -0.3 is 39.8 Å². The summed E-state index contributed by atoms with van der Waals surface area (Å²) in [6.45, 7) is 5.80. The average Bonchev–Trinajstić information content (AvgIpc) is 3.72. The summed E-state index contributed by atoms with van der Waals surface area (Å²) in [5, 5.41) is 12.6. The van der Waals surface area contributed by atoms with Crippen molar-refractivity contribution in [2.45, 2.75) is 36.6 Å². The van der Waals surface area contributed by atoms with Crippen molar-refractivity contribution in [3.8, 4) is 5.06 Å². The quantitative estimate of drug-likeness (QED) is 0.262. The number of fused-ring (bicyclic) bond motifs is 3. The van der Waals surface area contributed by atoms with Gasteiger partial charge in [-0.05, 0) is 36.4 Å². The lowest BCUT2D eigenvalue weighted by atomic mass is 9.96. The van der Waals surface area contributed by atoms with Crippen molar-refractivity contribution in [1.82, 2.24) is 16.0 Å². The van der Waals surface area contributed by atoms with Crippen molar-refractivity contribution in [2.75, 3.05) is 85.7 Å². The number of anilines is 1. The predicted octanol–water partition coefficient (Wildman–Crippen LogP) is 4.81. The molecule has 5 atom stereocenters. The SMILES string of the molecule is CNCC1OCC(CNCC2OCC(CNCC3OCCc4sc(F)cc43)c3sc(N(C)C)cc32)c2sc(OC)cc21. The van der Waals surface area contributed by atoms with E-state index in [0.29, 0.717) is 26.4 Å². The van der Waals surface area contributed by atoms with Crippen LogP contribution in [0.4, 0.5) is 9.39 Å². The molecule has 0 saturated carbocycles. The van der Waals surface area contributed by atoms with Gasteiger partial charge >= 0.3 is 0 Å². The first kappa shape index (κ1) is 30.4. The third-order valence-electron chi connectivity index (χ3n) is 8.26. The van der Waals surface area contributed by atoms with Crippen LogP contribution in [0.3, 0.4) is 0 Å². The highest BCUT2D eigenvalue weighted by Crippen LogP contribution is 2.44. The molecular formula is C30H41FN4O4S3. The van der Waals surface area contributed by atoms with Crippen LogP contribution in [0.1, 0.15) is 61.5 Å². The van der Waals surface area contributed by atoms with Crippen molar-refractivity contribution in [3.63, 3.8) is 0 Å². The topological polar surface area (TPSA) is 76.2 Å². The highest BCUT2D eigenvalue weighted by Gasteiger charge is 2.33. The predicted molar refractivity (Wildman–Crippen MR) is 169 cm³/mol. The van der Waals surface area contributed by atoms with Gasteiger partial charge in [0.15, 0.2) is 10.2 Å². The molecule has 8 nitrogen and oxygen atoms in total. The van der Waals surface area contributed by atoms with Crippen molar-refractivity contribution in [2.24, 2.45) is 0 Å². The Kier molecular flexibility index (Phi) is 9.83. The van der Waals surface area contributed by atoms with Gasteiger partial charge in [0.05, 0.1) is 50.2 Å². The molecule has 6 heterocycles. The van der Waals surface area contributed by atoms with Crippen LogP contribution in [0, 0.1) is 5.13 Å². The summed E-state index contributed by atoms with van der Waals surface area (Å²) in [5.74, 6) is 0.537. The molecule has 0 bridgehead atoms. The van der Waals surface area contributed by atoms with Gasteiger partial charge in [-0.15, -0.1) is 34.0 Å². The second-order valence-corrected chi connectivity index (χ2v) is 14.5. The Morgan fingerprint density at radius 2 is 1.48 bits per heavy atom. The van der Waals surface area contributed by atoms with E-state index in [1.165, 1.54) is 37.2 Å². The summed E-state index contributed by atoms with van der Waals surface area (Å²) >= 11 is 4.84. The number of nitrogens with one attached hydrogen (secondary N) is 3. The van der Waals surface area contributed by atoms with E-state index in [1.807, 2.05) is 18.4 Å². The van der Waals surface area contributed by atoms with E-state index in [9.17, 15) is 4.39 Å². The van der Waals surface area contributed by atoms with Crippen LogP contribution in [0.2, 0.25) is 0 Å². The van der Waals surface area contributed by atoms with Gasteiger partial charge in [0.1, 0.15) is 0 Å². The van der Waals surface area contributed by atoms with Crippen molar-refractivity contribution >= 4 is 39.0 Å². The molecule has 0 radical (unpaired) electrons. The molecule has 42 heavy (non-hydrogen) atoms. The molecule has 3 aliphatic heterocycles. The third kappa shape index (κ3) is 6.43. The Morgan fingerprint density at radius 1 is 0.833 bits per heavy atom. The Balaban J connectivity index is 1.08. The second-order valence-electron chi connectivity index (χ2n) is 11.3. The molecule has 6 rings (SSSR count). The molecule has 230 valence electrons.